The van der Waals surface area contributed by atoms with Crippen LogP contribution in [0.3, 0.4) is 0 Å². The van der Waals surface area contributed by atoms with Crippen LogP contribution in [-0.2, 0) is 6.42 Å². The highest BCUT2D eigenvalue weighted by Gasteiger charge is 2.09. The molecule has 2 aromatic heterocycles. The topological polar surface area (TPSA) is 49.8 Å². The van der Waals surface area contributed by atoms with Crippen LogP contribution in [0.4, 0.5) is 17.5 Å². The van der Waals surface area contributed by atoms with Crippen molar-refractivity contribution in [3.05, 3.63) is 75.4 Å². The van der Waals surface area contributed by atoms with E-state index in [1.165, 1.54) is 4.88 Å². The Kier molecular flexibility index (Phi) is 5.23. The molecule has 0 atom stereocenters. The SMILES string of the molecule is Cc1c(Cl)cccc1Nc1nc(NCCc2cccs2)c2ccccc2n1. The standard InChI is InChI=1S/C21H19ClN4S/c1-14-17(22)8-4-10-18(14)24-21-25-19-9-3-2-7-16(19)20(26-21)23-12-11-15-6-5-13-27-15/h2-10,13H,11-12H2,1H3,(H2,23,24,25,26). The molecule has 0 bridgehead atoms. The molecular formula is C21H19ClN4S. The first-order valence-electron chi connectivity index (χ1n) is 8.76. The van der Waals surface area contributed by atoms with Crippen molar-refractivity contribution >= 4 is 51.3 Å². The number of fused-ring (bicyclic) bond motifs is 1. The molecule has 136 valence electrons. The molecular weight excluding hydrogens is 376 g/mol. The number of thiophene rings is 1. The Hall–Kier alpha value is -2.63. The lowest BCUT2D eigenvalue weighted by atomic mass is 10.2. The van der Waals surface area contributed by atoms with Crippen molar-refractivity contribution in [2.75, 3.05) is 17.2 Å². The van der Waals surface area contributed by atoms with Crippen molar-refractivity contribution in [3.63, 3.8) is 0 Å². The van der Waals surface area contributed by atoms with Crippen molar-refractivity contribution < 1.29 is 0 Å². The summed E-state index contributed by atoms with van der Waals surface area (Å²) in [5, 5.41) is 10.6. The van der Waals surface area contributed by atoms with E-state index in [1.54, 1.807) is 11.3 Å². The Morgan fingerprint density at radius 1 is 1.00 bits per heavy atom. The maximum Gasteiger partial charge on any atom is 0.229 e. The van der Waals surface area contributed by atoms with Gasteiger partial charge in [0.25, 0.3) is 0 Å². The zero-order valence-electron chi connectivity index (χ0n) is 14.9. The molecule has 0 unspecified atom stereocenters. The summed E-state index contributed by atoms with van der Waals surface area (Å²) in [5.74, 6) is 1.39. The lowest BCUT2D eigenvalue weighted by molar-refractivity contribution is 1.03. The van der Waals surface area contributed by atoms with Crippen LogP contribution in [0.15, 0.2) is 60.0 Å². The molecule has 0 spiro atoms. The van der Waals surface area contributed by atoms with Gasteiger partial charge < -0.3 is 10.6 Å². The van der Waals surface area contributed by atoms with Crippen LogP contribution in [0.25, 0.3) is 10.9 Å². The molecule has 0 saturated heterocycles. The predicted molar refractivity (Wildman–Crippen MR) is 116 cm³/mol. The Morgan fingerprint density at radius 3 is 2.74 bits per heavy atom. The van der Waals surface area contributed by atoms with Crippen molar-refractivity contribution in [2.24, 2.45) is 0 Å². The maximum absolute atomic E-state index is 6.23. The van der Waals surface area contributed by atoms with Crippen LogP contribution in [0.2, 0.25) is 5.02 Å². The van der Waals surface area contributed by atoms with E-state index in [1.807, 2.05) is 49.4 Å². The molecule has 6 heteroatoms. The molecule has 0 radical (unpaired) electrons. The van der Waals surface area contributed by atoms with E-state index in [4.69, 9.17) is 16.6 Å². The summed E-state index contributed by atoms with van der Waals surface area (Å²) in [4.78, 5) is 10.7. The van der Waals surface area contributed by atoms with Crippen LogP contribution >= 0.6 is 22.9 Å². The van der Waals surface area contributed by atoms with Gasteiger partial charge in [-0.25, -0.2) is 4.98 Å². The van der Waals surface area contributed by atoms with Gasteiger partial charge in [0.1, 0.15) is 5.82 Å². The molecule has 0 aliphatic carbocycles. The molecule has 0 saturated carbocycles. The fourth-order valence-corrected chi connectivity index (χ4v) is 3.77. The third kappa shape index (κ3) is 4.04. The fourth-order valence-electron chi connectivity index (χ4n) is 2.89. The Morgan fingerprint density at radius 2 is 1.89 bits per heavy atom. The molecule has 0 aliphatic rings. The Labute approximate surface area is 167 Å². The number of rotatable bonds is 6. The summed E-state index contributed by atoms with van der Waals surface area (Å²) in [6.07, 6.45) is 0.964. The highest BCUT2D eigenvalue weighted by molar-refractivity contribution is 7.09. The number of halogens is 1. The number of nitrogens with zero attached hydrogens (tertiary/aromatic N) is 2. The zero-order valence-corrected chi connectivity index (χ0v) is 16.4. The second kappa shape index (κ2) is 7.94. The molecule has 4 aromatic rings. The van der Waals surface area contributed by atoms with Crippen LogP contribution in [0.1, 0.15) is 10.4 Å². The van der Waals surface area contributed by atoms with E-state index < -0.39 is 0 Å². The Balaban J connectivity index is 1.62. The molecule has 2 N–H and O–H groups in total. The first-order valence-corrected chi connectivity index (χ1v) is 10.0. The van der Waals surface area contributed by atoms with Gasteiger partial charge >= 0.3 is 0 Å². The normalized spacial score (nSPS) is 10.9. The second-order valence-electron chi connectivity index (χ2n) is 6.21. The van der Waals surface area contributed by atoms with Gasteiger partial charge in [-0.05, 0) is 54.6 Å². The van der Waals surface area contributed by atoms with Gasteiger partial charge in [0.2, 0.25) is 5.95 Å². The minimum Gasteiger partial charge on any atom is -0.369 e. The average Bonchev–Trinajstić information content (AvgIpc) is 3.19. The quantitative estimate of drug-likeness (QED) is 0.418. The van der Waals surface area contributed by atoms with Gasteiger partial charge in [0, 0.05) is 27.5 Å². The van der Waals surface area contributed by atoms with E-state index in [0.29, 0.717) is 5.95 Å². The van der Waals surface area contributed by atoms with Crippen LogP contribution < -0.4 is 10.6 Å². The lowest BCUT2D eigenvalue weighted by Gasteiger charge is -2.13. The second-order valence-corrected chi connectivity index (χ2v) is 7.65. The molecule has 4 nitrogen and oxygen atoms in total. The van der Waals surface area contributed by atoms with Gasteiger partial charge in [-0.3, -0.25) is 0 Å². The fraction of sp³-hybridized carbons (Fsp3) is 0.143. The first-order chi connectivity index (χ1) is 13.2. The zero-order chi connectivity index (χ0) is 18.6. The van der Waals surface area contributed by atoms with Gasteiger partial charge in [0.05, 0.1) is 5.52 Å². The number of para-hydroxylation sites is 1. The largest absolute Gasteiger partial charge is 0.369 e. The van der Waals surface area contributed by atoms with Crippen LogP contribution in [0, 0.1) is 6.92 Å². The number of hydrogen-bond acceptors (Lipinski definition) is 5. The maximum atomic E-state index is 6.23. The van der Waals surface area contributed by atoms with E-state index in [2.05, 4.69) is 33.1 Å². The van der Waals surface area contributed by atoms with E-state index in [9.17, 15) is 0 Å². The highest BCUT2D eigenvalue weighted by Crippen LogP contribution is 2.27. The van der Waals surface area contributed by atoms with Crippen molar-refractivity contribution in [3.8, 4) is 0 Å². The molecule has 2 aromatic carbocycles. The molecule has 0 amide bonds. The Bertz CT molecular complexity index is 1060. The van der Waals surface area contributed by atoms with Crippen LogP contribution in [-0.4, -0.2) is 16.5 Å². The van der Waals surface area contributed by atoms with Gasteiger partial charge in [-0.2, -0.15) is 4.98 Å². The summed E-state index contributed by atoms with van der Waals surface area (Å²) < 4.78 is 0. The number of benzene rings is 2. The molecule has 2 heterocycles. The average molecular weight is 395 g/mol. The molecule has 27 heavy (non-hydrogen) atoms. The number of anilines is 3. The highest BCUT2D eigenvalue weighted by atomic mass is 35.5. The summed E-state index contributed by atoms with van der Waals surface area (Å²) in [6.45, 7) is 2.79. The molecule has 0 aliphatic heterocycles. The summed E-state index contributed by atoms with van der Waals surface area (Å²) >= 11 is 8.00. The minimum absolute atomic E-state index is 0.553. The summed E-state index contributed by atoms with van der Waals surface area (Å²) in [6, 6.07) is 18.0. The monoisotopic (exact) mass is 394 g/mol. The minimum atomic E-state index is 0.553. The number of hydrogen-bond donors (Lipinski definition) is 2. The molecule has 0 fully saturated rings. The van der Waals surface area contributed by atoms with Gasteiger partial charge in [-0.15, -0.1) is 11.3 Å². The van der Waals surface area contributed by atoms with E-state index in [-0.39, 0.29) is 0 Å². The van der Waals surface area contributed by atoms with Gasteiger partial charge in [-0.1, -0.05) is 35.9 Å². The smallest absolute Gasteiger partial charge is 0.229 e. The van der Waals surface area contributed by atoms with Crippen molar-refractivity contribution in [1.82, 2.24) is 9.97 Å². The number of nitrogens with one attached hydrogen (secondary N) is 2. The van der Waals surface area contributed by atoms with Gasteiger partial charge in [0.15, 0.2) is 0 Å². The van der Waals surface area contributed by atoms with E-state index >= 15 is 0 Å². The molecule has 4 rings (SSSR count). The van der Waals surface area contributed by atoms with Crippen LogP contribution in [0.5, 0.6) is 0 Å². The number of aromatic nitrogens is 2. The first kappa shape index (κ1) is 17.8. The lowest BCUT2D eigenvalue weighted by Crippen LogP contribution is -2.08. The third-order valence-electron chi connectivity index (χ3n) is 4.36. The summed E-state index contributed by atoms with van der Waals surface area (Å²) in [7, 11) is 0. The van der Waals surface area contributed by atoms with E-state index in [0.717, 1.165) is 46.0 Å². The van der Waals surface area contributed by atoms with Crippen molar-refractivity contribution in [2.45, 2.75) is 13.3 Å². The summed E-state index contributed by atoms with van der Waals surface area (Å²) in [5.41, 5.74) is 2.78. The third-order valence-corrected chi connectivity index (χ3v) is 5.71. The van der Waals surface area contributed by atoms with Crippen molar-refractivity contribution in [1.29, 1.82) is 0 Å². The predicted octanol–water partition coefficient (Wildman–Crippen LogP) is 6.05.